The second kappa shape index (κ2) is 19.9. The lowest BCUT2D eigenvalue weighted by atomic mass is 9.73. The van der Waals surface area contributed by atoms with E-state index >= 15 is 0 Å². The molecule has 0 aliphatic carbocycles. The fourth-order valence-corrected chi connectivity index (χ4v) is 8.76. The number of nitrogens with zero attached hydrogens (tertiary/aromatic N) is 4. The number of nitriles is 1. The second-order valence-electron chi connectivity index (χ2n) is 16.5. The molecule has 0 amide bonds. The van der Waals surface area contributed by atoms with E-state index in [1.807, 2.05) is 31.2 Å². The number of alkyl halides is 3. The van der Waals surface area contributed by atoms with Gasteiger partial charge < -0.3 is 29.2 Å². The van der Waals surface area contributed by atoms with Gasteiger partial charge in [-0.2, -0.15) is 18.4 Å². The van der Waals surface area contributed by atoms with Crippen molar-refractivity contribution in [1.82, 2.24) is 20.1 Å². The Bertz CT molecular complexity index is 2290. The maximum atomic E-state index is 13.0. The average molecular weight is 874 g/mol. The lowest BCUT2D eigenvalue weighted by molar-refractivity contribution is -0.203. The normalized spacial score (nSPS) is 17.8. The molecule has 0 unspecified atom stereocenters. The Morgan fingerprint density at radius 2 is 1.65 bits per heavy atom. The van der Waals surface area contributed by atoms with Crippen LogP contribution in [0.2, 0.25) is 5.02 Å². The first kappa shape index (κ1) is 44.8. The molecule has 62 heavy (non-hydrogen) atoms. The number of pyridine rings is 1. The highest BCUT2D eigenvalue weighted by atomic mass is 35.5. The van der Waals surface area contributed by atoms with E-state index in [1.54, 1.807) is 29.3 Å². The van der Waals surface area contributed by atoms with Crippen LogP contribution in [0.3, 0.4) is 0 Å². The SMILES string of the molecule is Cc1c(COc2cc(OCc3cncc(C#N)c3)c(CN3CCCC[C@H]3C(=O)OC(=O)C(F)(F)F)cc2Cl)cccc1-c1cccc(OCCCN2CCC3(CC2)CNC3)c1C. The summed E-state index contributed by atoms with van der Waals surface area (Å²) in [5.41, 5.74) is 7.15. The summed E-state index contributed by atoms with van der Waals surface area (Å²) in [6.45, 7) is 11.0. The summed E-state index contributed by atoms with van der Waals surface area (Å²) in [5.74, 6) is -2.31. The molecule has 1 spiro atoms. The maximum absolute atomic E-state index is 13.0. The topological polar surface area (TPSA) is 126 Å². The number of likely N-dealkylation sites (tertiary alicyclic amines) is 2. The van der Waals surface area contributed by atoms with Crippen LogP contribution in [0.5, 0.6) is 17.2 Å². The molecule has 3 aliphatic heterocycles. The number of piperidine rings is 2. The molecule has 3 fully saturated rings. The van der Waals surface area contributed by atoms with Crippen LogP contribution in [-0.4, -0.2) is 84.8 Å². The molecule has 0 radical (unpaired) electrons. The third-order valence-electron chi connectivity index (χ3n) is 12.3. The van der Waals surface area contributed by atoms with Gasteiger partial charge in [-0.05, 0) is 117 Å². The number of esters is 2. The van der Waals surface area contributed by atoms with Gasteiger partial charge in [-0.1, -0.05) is 48.4 Å². The molecule has 15 heteroatoms. The maximum Gasteiger partial charge on any atom is 0.491 e. The standard InChI is InChI=1S/C47H51ClF3N5O6/c1-31-35(8-5-9-37(31)38-10-6-12-41(32(38)2)59-19-7-15-55-17-13-46(14-18-55)29-54-30-46)28-61-43-22-42(60-27-34-20-33(23-52)24-53-25-34)36(21-39(43)48)26-56-16-4-3-11-40(56)44(57)62-45(58)47(49,50)51/h5-6,8-10,12,20-22,24-25,40,54H,3-4,7,11,13-19,26-30H2,1-2H3/t40-/m0/s1. The summed E-state index contributed by atoms with van der Waals surface area (Å²) in [5, 5.41) is 13.1. The number of benzene rings is 3. The Labute approximate surface area is 365 Å². The predicted octanol–water partition coefficient (Wildman–Crippen LogP) is 8.49. The number of carbonyl (C=O) groups excluding carboxylic acids is 2. The summed E-state index contributed by atoms with van der Waals surface area (Å²) in [6, 6.07) is 18.1. The van der Waals surface area contributed by atoms with Gasteiger partial charge >= 0.3 is 18.1 Å². The molecule has 4 aromatic rings. The number of rotatable bonds is 15. The molecule has 1 atom stereocenters. The van der Waals surface area contributed by atoms with Crippen molar-refractivity contribution in [2.24, 2.45) is 5.41 Å². The molecule has 7 rings (SSSR count). The summed E-state index contributed by atoms with van der Waals surface area (Å²) in [4.78, 5) is 32.7. The quantitative estimate of drug-likeness (QED) is 0.0703. The highest BCUT2D eigenvalue weighted by Gasteiger charge is 2.44. The predicted molar refractivity (Wildman–Crippen MR) is 227 cm³/mol. The van der Waals surface area contributed by atoms with Crippen molar-refractivity contribution in [3.05, 3.63) is 105 Å². The third kappa shape index (κ3) is 10.9. The minimum absolute atomic E-state index is 0.0164. The van der Waals surface area contributed by atoms with E-state index in [1.165, 1.54) is 19.0 Å². The van der Waals surface area contributed by atoms with Gasteiger partial charge in [-0.15, -0.1) is 0 Å². The van der Waals surface area contributed by atoms with Crippen molar-refractivity contribution in [3.63, 3.8) is 0 Å². The lowest BCUT2D eigenvalue weighted by Gasteiger charge is -2.48. The molecule has 3 aliphatic rings. The molecular formula is C47H51ClF3N5O6. The lowest BCUT2D eigenvalue weighted by Crippen LogP contribution is -2.58. The zero-order chi connectivity index (χ0) is 43.9. The van der Waals surface area contributed by atoms with E-state index < -0.39 is 24.2 Å². The zero-order valence-corrected chi connectivity index (χ0v) is 35.7. The van der Waals surface area contributed by atoms with Gasteiger partial charge in [0.1, 0.15) is 42.6 Å². The molecule has 0 saturated carbocycles. The summed E-state index contributed by atoms with van der Waals surface area (Å²) in [7, 11) is 0. The first-order valence-electron chi connectivity index (χ1n) is 21.1. The van der Waals surface area contributed by atoms with Gasteiger partial charge in [0.05, 0.1) is 17.2 Å². The van der Waals surface area contributed by atoms with Crippen LogP contribution < -0.4 is 19.5 Å². The van der Waals surface area contributed by atoms with Crippen LogP contribution in [0.1, 0.15) is 71.9 Å². The largest absolute Gasteiger partial charge is 0.493 e. The molecule has 1 N–H and O–H groups in total. The van der Waals surface area contributed by atoms with Crippen LogP contribution in [0.25, 0.3) is 11.1 Å². The molecular weight excluding hydrogens is 823 g/mol. The van der Waals surface area contributed by atoms with Gasteiger partial charge in [0.25, 0.3) is 0 Å². The third-order valence-corrected chi connectivity index (χ3v) is 12.6. The van der Waals surface area contributed by atoms with Crippen molar-refractivity contribution < 1.29 is 41.7 Å². The Hall–Kier alpha value is -5.20. The molecule has 1 aromatic heterocycles. The number of nitrogens with one attached hydrogen (secondary N) is 1. The van der Waals surface area contributed by atoms with Gasteiger partial charge in [-0.25, -0.2) is 9.59 Å². The first-order chi connectivity index (χ1) is 29.8. The Morgan fingerprint density at radius 3 is 2.37 bits per heavy atom. The van der Waals surface area contributed by atoms with E-state index in [0.29, 0.717) is 59.6 Å². The summed E-state index contributed by atoms with van der Waals surface area (Å²) >= 11 is 6.86. The molecule has 328 valence electrons. The van der Waals surface area contributed by atoms with Crippen LogP contribution in [-0.2, 0) is 34.1 Å². The van der Waals surface area contributed by atoms with E-state index in [4.69, 9.17) is 25.8 Å². The van der Waals surface area contributed by atoms with Gasteiger partial charge in [-0.3, -0.25) is 9.88 Å². The number of hydrogen-bond donors (Lipinski definition) is 1. The number of carbonyl (C=O) groups is 2. The molecule has 3 saturated heterocycles. The first-order valence-corrected chi connectivity index (χ1v) is 21.4. The number of ether oxygens (including phenoxy) is 4. The van der Waals surface area contributed by atoms with Crippen molar-refractivity contribution in [2.45, 2.75) is 84.3 Å². The number of halogens is 4. The number of hydrogen-bond acceptors (Lipinski definition) is 11. The Balaban J connectivity index is 1.05. The molecule has 4 heterocycles. The van der Waals surface area contributed by atoms with Crippen molar-refractivity contribution in [1.29, 1.82) is 5.26 Å². The van der Waals surface area contributed by atoms with E-state index in [9.17, 15) is 28.0 Å². The van der Waals surface area contributed by atoms with Crippen molar-refractivity contribution in [2.75, 3.05) is 45.9 Å². The van der Waals surface area contributed by atoms with Crippen molar-refractivity contribution >= 4 is 23.5 Å². The fourth-order valence-electron chi connectivity index (χ4n) is 8.52. The van der Waals surface area contributed by atoms with Crippen molar-refractivity contribution in [3.8, 4) is 34.4 Å². The fraction of sp³-hybridized carbons (Fsp3) is 0.447. The van der Waals surface area contributed by atoms with E-state index in [-0.39, 0.29) is 31.2 Å². The monoisotopic (exact) mass is 873 g/mol. The number of aromatic nitrogens is 1. The van der Waals surface area contributed by atoms with Crippen LogP contribution >= 0.6 is 11.6 Å². The highest BCUT2D eigenvalue weighted by Crippen LogP contribution is 2.38. The summed E-state index contributed by atoms with van der Waals surface area (Å²) < 4.78 is 62.1. The van der Waals surface area contributed by atoms with Gasteiger partial charge in [0.2, 0.25) is 0 Å². The van der Waals surface area contributed by atoms with Gasteiger partial charge in [0, 0.05) is 55.8 Å². The van der Waals surface area contributed by atoms with Crippen LogP contribution in [0.4, 0.5) is 13.2 Å². The second-order valence-corrected chi connectivity index (χ2v) is 16.9. The van der Waals surface area contributed by atoms with E-state index in [0.717, 1.165) is 72.7 Å². The highest BCUT2D eigenvalue weighted by molar-refractivity contribution is 6.32. The molecule has 11 nitrogen and oxygen atoms in total. The smallest absolute Gasteiger partial charge is 0.491 e. The molecule has 0 bridgehead atoms. The minimum atomic E-state index is -5.31. The zero-order valence-electron chi connectivity index (χ0n) is 35.0. The van der Waals surface area contributed by atoms with E-state index in [2.05, 4.69) is 45.1 Å². The minimum Gasteiger partial charge on any atom is -0.493 e. The average Bonchev–Trinajstić information content (AvgIpc) is 3.25. The molecule has 3 aromatic carbocycles. The van der Waals surface area contributed by atoms with Crippen LogP contribution in [0.15, 0.2) is 67.0 Å². The summed E-state index contributed by atoms with van der Waals surface area (Å²) in [6.07, 6.45) is 2.63. The van der Waals surface area contributed by atoms with Gasteiger partial charge in [0.15, 0.2) is 0 Å². The Kier molecular flexibility index (Phi) is 14.4. The Morgan fingerprint density at radius 1 is 0.903 bits per heavy atom. The van der Waals surface area contributed by atoms with Crippen LogP contribution in [0, 0.1) is 30.6 Å².